The lowest BCUT2D eigenvalue weighted by Gasteiger charge is -2.27. The van der Waals surface area contributed by atoms with Gasteiger partial charge in [0.15, 0.2) is 6.33 Å². The van der Waals surface area contributed by atoms with Gasteiger partial charge >= 0.3 is 0 Å². The van der Waals surface area contributed by atoms with Crippen molar-refractivity contribution in [3.05, 3.63) is 30.4 Å². The Morgan fingerprint density at radius 2 is 2.44 bits per heavy atom. The highest BCUT2D eigenvalue weighted by Crippen LogP contribution is 2.19. The van der Waals surface area contributed by atoms with Crippen molar-refractivity contribution in [1.29, 1.82) is 0 Å². The third kappa shape index (κ3) is 1.71. The van der Waals surface area contributed by atoms with Crippen LogP contribution in [0.2, 0.25) is 0 Å². The third-order valence-electron chi connectivity index (χ3n) is 2.92. The van der Waals surface area contributed by atoms with E-state index in [1.165, 1.54) is 12.0 Å². The molecule has 16 heavy (non-hydrogen) atoms. The highest BCUT2D eigenvalue weighted by Gasteiger charge is 2.22. The third-order valence-corrected chi connectivity index (χ3v) is 2.92. The Labute approximate surface area is 92.7 Å². The minimum absolute atomic E-state index is 0.602. The Morgan fingerprint density at radius 3 is 3.12 bits per heavy atom. The van der Waals surface area contributed by atoms with Crippen LogP contribution in [0.25, 0.3) is 0 Å². The molecule has 0 radical (unpaired) electrons. The highest BCUT2D eigenvalue weighted by molar-refractivity contribution is 5.11. The summed E-state index contributed by atoms with van der Waals surface area (Å²) in [5.41, 5.74) is 1.29. The predicted octanol–water partition coefficient (Wildman–Crippen LogP) is 0.196. The number of hydrogen-bond donors (Lipinski definition) is 1. The molecule has 1 aliphatic rings. The highest BCUT2D eigenvalue weighted by atomic mass is 16.5. The molecule has 2 aromatic heterocycles. The van der Waals surface area contributed by atoms with Crippen LogP contribution in [-0.2, 0) is 13.0 Å². The van der Waals surface area contributed by atoms with Gasteiger partial charge in [0.1, 0.15) is 0 Å². The smallest absolute Gasteiger partial charge is 0.228 e. The van der Waals surface area contributed by atoms with E-state index in [-0.39, 0.29) is 0 Å². The monoisotopic (exact) mass is 219 g/mol. The number of imidazole rings is 1. The normalized spacial score (nSPS) is 16.2. The van der Waals surface area contributed by atoms with Gasteiger partial charge in [-0.05, 0) is 0 Å². The zero-order valence-corrected chi connectivity index (χ0v) is 8.83. The molecule has 1 N–H and O–H groups in total. The average Bonchev–Trinajstić information content (AvgIpc) is 2.82. The molecule has 2 aromatic rings. The molecule has 0 amide bonds. The first-order valence-electron chi connectivity index (χ1n) is 5.40. The summed E-state index contributed by atoms with van der Waals surface area (Å²) in [7, 11) is 0. The fourth-order valence-electron chi connectivity index (χ4n) is 1.88. The van der Waals surface area contributed by atoms with Gasteiger partial charge in [0.2, 0.25) is 5.89 Å². The Hall–Kier alpha value is -1.69. The van der Waals surface area contributed by atoms with Crippen LogP contribution in [-0.4, -0.2) is 32.8 Å². The van der Waals surface area contributed by atoms with Crippen LogP contribution < -0.4 is 5.32 Å². The molecule has 84 valence electrons. The van der Waals surface area contributed by atoms with Crippen molar-refractivity contribution in [2.75, 3.05) is 13.1 Å². The summed E-state index contributed by atoms with van der Waals surface area (Å²) in [6.45, 7) is 2.94. The number of nitrogens with one attached hydrogen (secondary N) is 1. The van der Waals surface area contributed by atoms with Crippen LogP contribution in [0, 0.1) is 0 Å². The Kier molecular flexibility index (Phi) is 2.41. The number of aryl methyl sites for hydroxylation is 2. The quantitative estimate of drug-likeness (QED) is 0.795. The fourth-order valence-corrected chi connectivity index (χ4v) is 1.88. The molecule has 3 rings (SSSR count). The van der Waals surface area contributed by atoms with Crippen LogP contribution in [0.4, 0.5) is 0 Å². The lowest BCUT2D eigenvalue weighted by molar-refractivity contribution is 0.366. The average molecular weight is 219 g/mol. The summed E-state index contributed by atoms with van der Waals surface area (Å²) in [6.07, 6.45) is 5.99. The number of aromatic nitrogens is 4. The van der Waals surface area contributed by atoms with Crippen LogP contribution in [0.1, 0.15) is 17.5 Å². The first-order valence-corrected chi connectivity index (χ1v) is 5.40. The van der Waals surface area contributed by atoms with E-state index in [0.29, 0.717) is 11.8 Å². The van der Waals surface area contributed by atoms with Crippen molar-refractivity contribution in [2.24, 2.45) is 0 Å². The molecule has 3 heterocycles. The summed E-state index contributed by atoms with van der Waals surface area (Å²) in [6, 6.07) is 0. The van der Waals surface area contributed by atoms with E-state index in [9.17, 15) is 0 Å². The lowest BCUT2D eigenvalue weighted by Crippen LogP contribution is -2.40. The second-order valence-corrected chi connectivity index (χ2v) is 3.95. The standard InChI is InChI=1S/C10H13N5O/c1(10-13-6-14-16-10)2-15-7-12-5-9(15)8-3-11-4-8/h5-8,11H,1-4H2. The van der Waals surface area contributed by atoms with Gasteiger partial charge in [-0.25, -0.2) is 4.98 Å². The van der Waals surface area contributed by atoms with E-state index in [4.69, 9.17) is 4.52 Å². The minimum Gasteiger partial charge on any atom is -0.340 e. The van der Waals surface area contributed by atoms with Gasteiger partial charge < -0.3 is 14.4 Å². The molecular weight excluding hydrogens is 206 g/mol. The minimum atomic E-state index is 0.602. The van der Waals surface area contributed by atoms with Crippen molar-refractivity contribution in [1.82, 2.24) is 25.0 Å². The van der Waals surface area contributed by atoms with Crippen LogP contribution in [0.3, 0.4) is 0 Å². The first-order chi connectivity index (χ1) is 7.93. The maximum absolute atomic E-state index is 4.97. The molecule has 6 nitrogen and oxygen atoms in total. The van der Waals surface area contributed by atoms with Gasteiger partial charge in [-0.3, -0.25) is 0 Å². The van der Waals surface area contributed by atoms with E-state index in [0.717, 1.165) is 26.1 Å². The first kappa shape index (κ1) is 9.53. The summed E-state index contributed by atoms with van der Waals surface area (Å²) in [5, 5.41) is 6.85. The molecule has 1 fully saturated rings. The summed E-state index contributed by atoms with van der Waals surface area (Å²) in [5.74, 6) is 1.27. The van der Waals surface area contributed by atoms with Gasteiger partial charge in [0, 0.05) is 43.9 Å². The SMILES string of the molecule is c1noc(CCn2cncc2C2CNC2)n1. The molecule has 0 aromatic carbocycles. The van der Waals surface area contributed by atoms with E-state index >= 15 is 0 Å². The fraction of sp³-hybridized carbons (Fsp3) is 0.500. The summed E-state index contributed by atoms with van der Waals surface area (Å²) < 4.78 is 7.13. The molecule has 1 aliphatic heterocycles. The molecule has 0 atom stereocenters. The maximum Gasteiger partial charge on any atom is 0.228 e. The van der Waals surface area contributed by atoms with E-state index in [2.05, 4.69) is 25.0 Å². The zero-order chi connectivity index (χ0) is 10.8. The van der Waals surface area contributed by atoms with Crippen molar-refractivity contribution in [2.45, 2.75) is 18.9 Å². The van der Waals surface area contributed by atoms with Crippen LogP contribution >= 0.6 is 0 Å². The molecule has 0 bridgehead atoms. The number of nitrogens with zero attached hydrogens (tertiary/aromatic N) is 4. The molecule has 1 saturated heterocycles. The lowest BCUT2D eigenvalue weighted by atomic mass is 10.00. The van der Waals surface area contributed by atoms with E-state index in [1.807, 2.05) is 12.5 Å². The Bertz CT molecular complexity index is 445. The zero-order valence-electron chi connectivity index (χ0n) is 8.83. The summed E-state index contributed by atoms with van der Waals surface area (Å²) in [4.78, 5) is 8.19. The van der Waals surface area contributed by atoms with Crippen LogP contribution in [0.5, 0.6) is 0 Å². The molecule has 0 saturated carbocycles. The topological polar surface area (TPSA) is 68.8 Å². The molecule has 0 spiro atoms. The molecule has 0 aliphatic carbocycles. The largest absolute Gasteiger partial charge is 0.340 e. The van der Waals surface area contributed by atoms with Gasteiger partial charge in [-0.15, -0.1) is 0 Å². The number of rotatable bonds is 4. The van der Waals surface area contributed by atoms with E-state index < -0.39 is 0 Å². The Morgan fingerprint density at radius 1 is 1.50 bits per heavy atom. The number of hydrogen-bond acceptors (Lipinski definition) is 5. The maximum atomic E-state index is 4.97. The van der Waals surface area contributed by atoms with Crippen molar-refractivity contribution >= 4 is 0 Å². The summed E-state index contributed by atoms with van der Waals surface area (Å²) >= 11 is 0. The second kappa shape index (κ2) is 4.05. The van der Waals surface area contributed by atoms with Gasteiger partial charge in [0.25, 0.3) is 0 Å². The van der Waals surface area contributed by atoms with Crippen molar-refractivity contribution in [3.63, 3.8) is 0 Å². The van der Waals surface area contributed by atoms with Crippen LogP contribution in [0.15, 0.2) is 23.4 Å². The van der Waals surface area contributed by atoms with Gasteiger partial charge in [-0.1, -0.05) is 5.16 Å². The predicted molar refractivity (Wildman–Crippen MR) is 55.8 cm³/mol. The second-order valence-electron chi connectivity index (χ2n) is 3.95. The van der Waals surface area contributed by atoms with Crippen molar-refractivity contribution in [3.8, 4) is 0 Å². The Balaban J connectivity index is 1.67. The van der Waals surface area contributed by atoms with Crippen molar-refractivity contribution < 1.29 is 4.52 Å². The van der Waals surface area contributed by atoms with Gasteiger partial charge in [-0.2, -0.15) is 4.98 Å². The van der Waals surface area contributed by atoms with E-state index in [1.54, 1.807) is 0 Å². The molecule has 6 heteroatoms. The molecular formula is C10H13N5O. The van der Waals surface area contributed by atoms with Gasteiger partial charge in [0.05, 0.1) is 6.33 Å². The molecule has 0 unspecified atom stereocenters.